The molecule has 6 heteroatoms. The van der Waals surface area contributed by atoms with Gasteiger partial charge in [0.2, 0.25) is 0 Å². The van der Waals surface area contributed by atoms with Gasteiger partial charge in [0.15, 0.2) is 0 Å². The standard InChI is InChI=1S/C10H23N3O2.H2O/c1-7(14)9(15)5-3-4-6-10(12)13-8(2)11;/h7,9-10,14-15H,3-6,12H2,1-2H3,(H2,11,13);1H2. The topological polar surface area (TPSA) is 136 Å². The number of hydrogen-bond acceptors (Lipinski definition) is 4. The first-order valence-corrected chi connectivity index (χ1v) is 5.35. The maximum atomic E-state index is 9.31. The van der Waals surface area contributed by atoms with Crippen molar-refractivity contribution in [1.82, 2.24) is 0 Å². The second-order valence-corrected chi connectivity index (χ2v) is 3.93. The Morgan fingerprint density at radius 1 is 1.25 bits per heavy atom. The molecule has 6 nitrogen and oxygen atoms in total. The number of aliphatic hydroxyl groups is 2. The molecule has 0 aliphatic carbocycles. The fraction of sp³-hybridized carbons (Fsp3) is 0.900. The van der Waals surface area contributed by atoms with Crippen LogP contribution in [0.3, 0.4) is 0 Å². The van der Waals surface area contributed by atoms with Crippen molar-refractivity contribution in [2.45, 2.75) is 57.9 Å². The summed E-state index contributed by atoms with van der Waals surface area (Å²) < 4.78 is 0. The molecule has 0 aliphatic heterocycles. The lowest BCUT2D eigenvalue weighted by Gasteiger charge is -2.13. The van der Waals surface area contributed by atoms with Crippen LogP contribution in [-0.2, 0) is 0 Å². The van der Waals surface area contributed by atoms with E-state index in [-0.39, 0.29) is 11.6 Å². The molecular formula is C10H25N3O3. The Labute approximate surface area is 96.7 Å². The van der Waals surface area contributed by atoms with Crippen molar-refractivity contribution >= 4 is 5.84 Å². The largest absolute Gasteiger partial charge is 0.412 e. The highest BCUT2D eigenvalue weighted by Gasteiger charge is 2.10. The number of rotatable bonds is 7. The Bertz CT molecular complexity index is 194. The smallest absolute Gasteiger partial charge is 0.0989 e. The predicted molar refractivity (Wildman–Crippen MR) is 65.0 cm³/mol. The van der Waals surface area contributed by atoms with Crippen LogP contribution >= 0.6 is 0 Å². The quantitative estimate of drug-likeness (QED) is 0.259. The van der Waals surface area contributed by atoms with Crippen LogP contribution in [0, 0.1) is 0 Å². The number of nitrogens with two attached hydrogens (primary N) is 2. The molecule has 0 amide bonds. The van der Waals surface area contributed by atoms with Gasteiger partial charge in [-0.3, -0.25) is 4.99 Å². The molecule has 0 spiro atoms. The summed E-state index contributed by atoms with van der Waals surface area (Å²) in [5, 5.41) is 18.3. The monoisotopic (exact) mass is 235 g/mol. The van der Waals surface area contributed by atoms with Gasteiger partial charge < -0.3 is 27.2 Å². The molecule has 0 bridgehead atoms. The summed E-state index contributed by atoms with van der Waals surface area (Å²) in [5.74, 6) is 0.492. The van der Waals surface area contributed by atoms with Crippen molar-refractivity contribution in [2.75, 3.05) is 0 Å². The molecule has 0 aromatic carbocycles. The first-order chi connectivity index (χ1) is 6.93. The van der Waals surface area contributed by atoms with E-state index in [0.29, 0.717) is 12.3 Å². The van der Waals surface area contributed by atoms with Gasteiger partial charge in [-0.2, -0.15) is 0 Å². The van der Waals surface area contributed by atoms with E-state index in [1.165, 1.54) is 0 Å². The van der Waals surface area contributed by atoms with E-state index < -0.39 is 12.2 Å². The molecule has 0 saturated carbocycles. The zero-order valence-corrected chi connectivity index (χ0v) is 10.1. The minimum atomic E-state index is -0.664. The summed E-state index contributed by atoms with van der Waals surface area (Å²) in [6.45, 7) is 3.29. The maximum Gasteiger partial charge on any atom is 0.0989 e. The molecule has 0 fully saturated rings. The van der Waals surface area contributed by atoms with Gasteiger partial charge in [-0.15, -0.1) is 0 Å². The maximum absolute atomic E-state index is 9.31. The van der Waals surface area contributed by atoms with E-state index in [9.17, 15) is 5.11 Å². The van der Waals surface area contributed by atoms with Crippen LogP contribution in [-0.4, -0.2) is 39.9 Å². The van der Waals surface area contributed by atoms with Gasteiger partial charge in [0.25, 0.3) is 0 Å². The zero-order valence-electron chi connectivity index (χ0n) is 10.1. The van der Waals surface area contributed by atoms with Crippen molar-refractivity contribution in [3.63, 3.8) is 0 Å². The molecule has 16 heavy (non-hydrogen) atoms. The summed E-state index contributed by atoms with van der Waals surface area (Å²) in [4.78, 5) is 3.99. The van der Waals surface area contributed by atoms with E-state index in [1.807, 2.05) is 0 Å². The Morgan fingerprint density at radius 2 is 1.75 bits per heavy atom. The van der Waals surface area contributed by atoms with Crippen molar-refractivity contribution in [1.29, 1.82) is 0 Å². The molecule has 0 aromatic rings. The van der Waals surface area contributed by atoms with Crippen LogP contribution < -0.4 is 11.5 Å². The highest BCUT2D eigenvalue weighted by Crippen LogP contribution is 2.08. The third-order valence-electron chi connectivity index (χ3n) is 2.18. The average Bonchev–Trinajstić information content (AvgIpc) is 2.10. The normalized spacial score (nSPS) is 17.4. The molecule has 0 rings (SSSR count). The number of aliphatic hydroxyl groups excluding tert-OH is 2. The lowest BCUT2D eigenvalue weighted by molar-refractivity contribution is 0.0246. The molecule has 0 aliphatic rings. The lowest BCUT2D eigenvalue weighted by Crippen LogP contribution is -2.23. The van der Waals surface area contributed by atoms with E-state index in [2.05, 4.69) is 4.99 Å². The van der Waals surface area contributed by atoms with Crippen LogP contribution in [0.15, 0.2) is 4.99 Å². The molecule has 0 aromatic heterocycles. The van der Waals surface area contributed by atoms with Crippen molar-refractivity contribution < 1.29 is 15.7 Å². The first-order valence-electron chi connectivity index (χ1n) is 5.35. The van der Waals surface area contributed by atoms with E-state index in [0.717, 1.165) is 19.3 Å². The lowest BCUT2D eigenvalue weighted by atomic mass is 10.1. The molecule has 0 radical (unpaired) electrons. The van der Waals surface area contributed by atoms with E-state index in [1.54, 1.807) is 13.8 Å². The fourth-order valence-corrected chi connectivity index (χ4v) is 1.27. The SMILES string of the molecule is C/C(N)=N\C(N)CCCCC(O)C(C)O.O. The van der Waals surface area contributed by atoms with Crippen LogP contribution in [0.1, 0.15) is 39.5 Å². The van der Waals surface area contributed by atoms with Gasteiger partial charge in [0, 0.05) is 0 Å². The highest BCUT2D eigenvalue weighted by atomic mass is 16.3. The minimum Gasteiger partial charge on any atom is -0.412 e. The summed E-state index contributed by atoms with van der Waals surface area (Å²) >= 11 is 0. The first kappa shape index (κ1) is 17.7. The van der Waals surface area contributed by atoms with E-state index >= 15 is 0 Å². The Hall–Kier alpha value is -0.690. The fourth-order valence-electron chi connectivity index (χ4n) is 1.27. The van der Waals surface area contributed by atoms with Gasteiger partial charge in [0.05, 0.1) is 24.2 Å². The highest BCUT2D eigenvalue weighted by molar-refractivity contribution is 5.77. The van der Waals surface area contributed by atoms with E-state index in [4.69, 9.17) is 16.6 Å². The number of aliphatic imine (C=N–C) groups is 1. The molecule has 3 unspecified atom stereocenters. The predicted octanol–water partition coefficient (Wildman–Crippen LogP) is -0.874. The Balaban J connectivity index is 0. The third kappa shape index (κ3) is 9.85. The van der Waals surface area contributed by atoms with Crippen LogP contribution in [0.5, 0.6) is 0 Å². The minimum absolute atomic E-state index is 0. The Morgan fingerprint density at radius 3 is 2.19 bits per heavy atom. The van der Waals surface area contributed by atoms with Gasteiger partial charge in [-0.25, -0.2) is 0 Å². The molecule has 3 atom stereocenters. The number of nitrogens with zero attached hydrogens (tertiary/aromatic N) is 1. The molecule has 0 heterocycles. The molecular weight excluding hydrogens is 210 g/mol. The second-order valence-electron chi connectivity index (χ2n) is 3.93. The summed E-state index contributed by atoms with van der Waals surface area (Å²) in [5.41, 5.74) is 11.1. The van der Waals surface area contributed by atoms with Crippen LogP contribution in [0.4, 0.5) is 0 Å². The molecule has 8 N–H and O–H groups in total. The molecule has 98 valence electrons. The zero-order chi connectivity index (χ0) is 11.8. The summed E-state index contributed by atoms with van der Waals surface area (Å²) in [6, 6.07) is 0. The summed E-state index contributed by atoms with van der Waals surface area (Å²) in [7, 11) is 0. The number of unbranched alkanes of at least 4 members (excludes halogenated alkanes) is 1. The average molecular weight is 235 g/mol. The Kier molecular flexibility index (Phi) is 10.5. The van der Waals surface area contributed by atoms with Gasteiger partial charge >= 0.3 is 0 Å². The van der Waals surface area contributed by atoms with Gasteiger partial charge in [0.1, 0.15) is 0 Å². The van der Waals surface area contributed by atoms with Crippen molar-refractivity contribution in [3.8, 4) is 0 Å². The van der Waals surface area contributed by atoms with Gasteiger partial charge in [-0.05, 0) is 33.1 Å². The van der Waals surface area contributed by atoms with Gasteiger partial charge in [-0.1, -0.05) is 6.42 Å². The third-order valence-corrected chi connectivity index (χ3v) is 2.18. The number of amidine groups is 1. The van der Waals surface area contributed by atoms with Crippen LogP contribution in [0.25, 0.3) is 0 Å². The van der Waals surface area contributed by atoms with Crippen molar-refractivity contribution in [2.24, 2.45) is 16.5 Å². The summed E-state index contributed by atoms with van der Waals surface area (Å²) in [6.07, 6.45) is 1.50. The molecule has 0 saturated heterocycles. The van der Waals surface area contributed by atoms with Crippen LogP contribution in [0.2, 0.25) is 0 Å². The number of hydrogen-bond donors (Lipinski definition) is 4. The second kappa shape index (κ2) is 9.53. The van der Waals surface area contributed by atoms with Crippen molar-refractivity contribution in [3.05, 3.63) is 0 Å².